The van der Waals surface area contributed by atoms with Crippen LogP contribution in [0.15, 0.2) is 0 Å². The first-order chi connectivity index (χ1) is 42.4. The Kier molecular flexibility index (Phi) is 70.0. The zero-order valence-corrected chi connectivity index (χ0v) is 58.4. The van der Waals surface area contributed by atoms with Gasteiger partial charge in [0.1, 0.15) is 0 Å². The van der Waals surface area contributed by atoms with Crippen molar-refractivity contribution in [2.45, 2.75) is 381 Å². The fourth-order valence-electron chi connectivity index (χ4n) is 12.0. The Labute approximate surface area is 536 Å². The van der Waals surface area contributed by atoms with Crippen LogP contribution >= 0.6 is 0 Å². The molecule has 510 valence electrons. The first-order valence-corrected chi connectivity index (χ1v) is 38.6. The lowest BCUT2D eigenvalue weighted by atomic mass is 10.1. The number of carbonyl (C=O) groups is 4. The van der Waals surface area contributed by atoms with E-state index in [-0.39, 0.29) is 23.6 Å². The molecule has 0 aliphatic rings. The molecule has 5 N–H and O–H groups in total. The number of carbonyl (C=O) groups excluding carboxylic acids is 4. The summed E-state index contributed by atoms with van der Waals surface area (Å²) in [6.07, 6.45) is 68.0. The van der Waals surface area contributed by atoms with Crippen molar-refractivity contribution < 1.29 is 19.2 Å². The molecular weight excluding hydrogens is 1060 g/mol. The number of hydrogen-bond acceptors (Lipinski definition) is 7. The highest BCUT2D eigenvalue weighted by Gasteiger charge is 2.13. The summed E-state index contributed by atoms with van der Waals surface area (Å²) in [7, 11) is 0. The average Bonchev–Trinajstić information content (AvgIpc) is 3.56. The molecule has 0 spiro atoms. The lowest BCUT2D eigenvalue weighted by molar-refractivity contribution is -0.122. The Hall–Kier alpha value is -2.24. The molecule has 0 atom stereocenters. The van der Waals surface area contributed by atoms with Crippen LogP contribution < -0.4 is 26.6 Å². The van der Waals surface area contributed by atoms with E-state index < -0.39 is 0 Å². The Morgan fingerprint density at radius 1 is 0.198 bits per heavy atom. The highest BCUT2D eigenvalue weighted by atomic mass is 16.2. The summed E-state index contributed by atoms with van der Waals surface area (Å²) < 4.78 is 0. The summed E-state index contributed by atoms with van der Waals surface area (Å²) >= 11 is 0. The van der Waals surface area contributed by atoms with E-state index in [0.29, 0.717) is 45.3 Å². The van der Waals surface area contributed by atoms with Gasteiger partial charge in [0.2, 0.25) is 23.6 Å². The molecule has 0 aromatic carbocycles. The van der Waals surface area contributed by atoms with Gasteiger partial charge in [-0.15, -0.1) is 0 Å². The van der Waals surface area contributed by atoms with Crippen LogP contribution in [0.1, 0.15) is 381 Å². The maximum absolute atomic E-state index is 13.1. The minimum Gasteiger partial charge on any atom is -0.356 e. The predicted molar refractivity (Wildman–Crippen MR) is 374 cm³/mol. The van der Waals surface area contributed by atoms with Crippen molar-refractivity contribution in [2.24, 2.45) is 0 Å². The SMILES string of the molecule is CCCCCCCCCCCCCCNC(=O)CCNCCN(CCCCCN(CCC(=O)NCCCCCCCCCCCCCC)CCC(=O)NCCCCCCCCCCCCCC)CCC(=O)NCCCCCCCCCCCCCC. The van der Waals surface area contributed by atoms with Crippen molar-refractivity contribution in [1.29, 1.82) is 0 Å². The third-order valence-electron chi connectivity index (χ3n) is 18.0. The van der Waals surface area contributed by atoms with E-state index in [9.17, 15) is 19.2 Å². The normalized spacial score (nSPS) is 11.6. The molecule has 0 saturated carbocycles. The molecule has 86 heavy (non-hydrogen) atoms. The van der Waals surface area contributed by atoms with Gasteiger partial charge in [0.05, 0.1) is 0 Å². The van der Waals surface area contributed by atoms with Gasteiger partial charge in [-0.25, -0.2) is 0 Å². The topological polar surface area (TPSA) is 135 Å². The van der Waals surface area contributed by atoms with E-state index in [1.54, 1.807) is 0 Å². The van der Waals surface area contributed by atoms with Crippen LogP contribution in [0.25, 0.3) is 0 Å². The first kappa shape index (κ1) is 83.8. The van der Waals surface area contributed by atoms with Crippen LogP contribution in [0, 0.1) is 0 Å². The van der Waals surface area contributed by atoms with E-state index in [1.165, 1.54) is 283 Å². The molecular formula is C75H151N7O4. The maximum Gasteiger partial charge on any atom is 0.221 e. The zero-order chi connectivity index (χ0) is 62.4. The zero-order valence-electron chi connectivity index (χ0n) is 58.4. The molecule has 0 unspecified atom stereocenters. The van der Waals surface area contributed by atoms with Crippen LogP contribution in [0.3, 0.4) is 0 Å². The molecule has 0 bridgehead atoms. The van der Waals surface area contributed by atoms with Gasteiger partial charge in [-0.1, -0.05) is 317 Å². The smallest absolute Gasteiger partial charge is 0.221 e. The number of rotatable bonds is 73. The van der Waals surface area contributed by atoms with Gasteiger partial charge in [0, 0.05) is 91.1 Å². The summed E-state index contributed by atoms with van der Waals surface area (Å²) in [4.78, 5) is 56.7. The Morgan fingerprint density at radius 2 is 0.395 bits per heavy atom. The first-order valence-electron chi connectivity index (χ1n) is 38.6. The molecule has 0 radical (unpaired) electrons. The molecule has 0 aliphatic heterocycles. The van der Waals surface area contributed by atoms with Gasteiger partial charge in [-0.3, -0.25) is 19.2 Å². The molecule has 0 fully saturated rings. The Balaban J connectivity index is 5.05. The predicted octanol–water partition coefficient (Wildman–Crippen LogP) is 19.2. The minimum absolute atomic E-state index is 0.118. The largest absolute Gasteiger partial charge is 0.356 e. The molecule has 0 rings (SSSR count). The van der Waals surface area contributed by atoms with Crippen LogP contribution in [-0.4, -0.2) is 112 Å². The van der Waals surface area contributed by atoms with Gasteiger partial charge < -0.3 is 36.4 Å². The second-order valence-electron chi connectivity index (χ2n) is 26.5. The third kappa shape index (κ3) is 67.7. The summed E-state index contributed by atoms with van der Waals surface area (Å²) in [5, 5.41) is 16.3. The average molecular weight is 1220 g/mol. The third-order valence-corrected chi connectivity index (χ3v) is 18.0. The van der Waals surface area contributed by atoms with Crippen LogP contribution in [0.5, 0.6) is 0 Å². The lowest BCUT2D eigenvalue weighted by Gasteiger charge is -2.24. The van der Waals surface area contributed by atoms with Gasteiger partial charge >= 0.3 is 0 Å². The van der Waals surface area contributed by atoms with Crippen LogP contribution in [0.2, 0.25) is 0 Å². The van der Waals surface area contributed by atoms with Crippen LogP contribution in [-0.2, 0) is 19.2 Å². The highest BCUT2D eigenvalue weighted by Crippen LogP contribution is 2.16. The second-order valence-corrected chi connectivity index (χ2v) is 26.5. The van der Waals surface area contributed by atoms with Crippen molar-refractivity contribution in [3.05, 3.63) is 0 Å². The van der Waals surface area contributed by atoms with E-state index in [0.717, 1.165) is 104 Å². The molecule has 0 heterocycles. The summed E-state index contributed by atoms with van der Waals surface area (Å²) in [5.74, 6) is 0.504. The molecule has 0 aliphatic carbocycles. The molecule has 0 aromatic heterocycles. The molecule has 11 nitrogen and oxygen atoms in total. The van der Waals surface area contributed by atoms with E-state index in [4.69, 9.17) is 0 Å². The second kappa shape index (κ2) is 71.8. The minimum atomic E-state index is 0.118. The van der Waals surface area contributed by atoms with Crippen molar-refractivity contribution in [3.8, 4) is 0 Å². The Bertz CT molecular complexity index is 1360. The Morgan fingerprint density at radius 3 is 0.640 bits per heavy atom. The summed E-state index contributed by atoms with van der Waals surface area (Å²) in [6.45, 7) is 18.3. The van der Waals surface area contributed by atoms with Gasteiger partial charge in [0.15, 0.2) is 0 Å². The van der Waals surface area contributed by atoms with Gasteiger partial charge in [-0.2, -0.15) is 0 Å². The van der Waals surface area contributed by atoms with Gasteiger partial charge in [0.25, 0.3) is 0 Å². The summed E-state index contributed by atoms with van der Waals surface area (Å²) in [6, 6.07) is 0. The number of unbranched alkanes of at least 4 members (excludes halogenated alkanes) is 46. The maximum atomic E-state index is 13.1. The number of nitrogens with one attached hydrogen (secondary N) is 5. The number of hydrogen-bond donors (Lipinski definition) is 5. The molecule has 0 saturated heterocycles. The van der Waals surface area contributed by atoms with Crippen molar-refractivity contribution in [2.75, 3.05) is 78.5 Å². The fourth-order valence-corrected chi connectivity index (χ4v) is 12.0. The number of amides is 4. The fraction of sp³-hybridized carbons (Fsp3) is 0.947. The van der Waals surface area contributed by atoms with Crippen molar-refractivity contribution in [3.63, 3.8) is 0 Å². The van der Waals surface area contributed by atoms with Crippen molar-refractivity contribution >= 4 is 23.6 Å². The monoisotopic (exact) mass is 1210 g/mol. The van der Waals surface area contributed by atoms with E-state index in [2.05, 4.69) is 64.1 Å². The molecule has 4 amide bonds. The quantitative estimate of drug-likeness (QED) is 0.0383. The van der Waals surface area contributed by atoms with E-state index >= 15 is 0 Å². The molecule has 0 aromatic rings. The number of nitrogens with zero attached hydrogens (tertiary/aromatic N) is 2. The standard InChI is InChI=1S/C75H151N7O4/c1-5-9-13-17-21-25-29-33-37-41-45-50-60-77-72(83)56-64-76-65-71-82(70-59-75(86)80-63-53-48-44-40-36-32-28-24-20-16-12-8-4)67-55-49-54-66-81(68-57-73(84)78-61-51-46-42-38-34-30-26-22-18-14-10-6-2)69-58-74(85)79-62-52-47-43-39-35-31-27-23-19-15-11-7-3/h76H,5-71H2,1-4H3,(H,77,83)(H,78,84)(H,79,85)(H,80,86). The van der Waals surface area contributed by atoms with Crippen LogP contribution in [0.4, 0.5) is 0 Å². The van der Waals surface area contributed by atoms with E-state index in [1.807, 2.05) is 0 Å². The summed E-state index contributed by atoms with van der Waals surface area (Å²) in [5.41, 5.74) is 0. The molecule has 11 heteroatoms. The van der Waals surface area contributed by atoms with Crippen molar-refractivity contribution in [1.82, 2.24) is 36.4 Å². The van der Waals surface area contributed by atoms with Gasteiger partial charge in [-0.05, 0) is 51.6 Å². The lowest BCUT2D eigenvalue weighted by Crippen LogP contribution is -2.37. The highest BCUT2D eigenvalue weighted by molar-refractivity contribution is 5.77.